The summed E-state index contributed by atoms with van der Waals surface area (Å²) in [7, 11) is 0. The Balaban J connectivity index is 1.86. The first-order valence-electron chi connectivity index (χ1n) is 6.72. The normalized spacial score (nSPS) is 16.2. The number of carbonyl (C=O) groups excluding carboxylic acids is 2. The van der Waals surface area contributed by atoms with E-state index >= 15 is 0 Å². The smallest absolute Gasteiger partial charge is 0.284 e. The van der Waals surface area contributed by atoms with Crippen LogP contribution in [0.1, 0.15) is 46.7 Å². The van der Waals surface area contributed by atoms with E-state index in [4.69, 9.17) is 5.21 Å². The molecule has 1 aromatic heterocycles. The third-order valence-corrected chi connectivity index (χ3v) is 4.35. The van der Waals surface area contributed by atoms with E-state index in [-0.39, 0.29) is 5.91 Å². The summed E-state index contributed by atoms with van der Waals surface area (Å²) in [5, 5.41) is 11.5. The predicted molar refractivity (Wildman–Crippen MR) is 77.6 cm³/mol. The summed E-state index contributed by atoms with van der Waals surface area (Å²) in [5.74, 6) is -0.639. The minimum Gasteiger partial charge on any atom is -0.350 e. The molecule has 0 aromatic carbocycles. The second kappa shape index (κ2) is 7.21. The first-order valence-corrected chi connectivity index (χ1v) is 7.53. The number of hydrogen-bond donors (Lipinski definition) is 3. The lowest BCUT2D eigenvalue weighted by molar-refractivity contribution is -0.117. The Morgan fingerprint density at radius 1 is 1.25 bits per heavy atom. The molecule has 3 N–H and O–H groups in total. The molecule has 0 radical (unpaired) electrons. The van der Waals surface area contributed by atoms with Crippen LogP contribution in [0.15, 0.2) is 18.2 Å². The lowest BCUT2D eigenvalue weighted by atomic mass is 9.95. The zero-order chi connectivity index (χ0) is 14.4. The van der Waals surface area contributed by atoms with Crippen molar-refractivity contribution >= 4 is 29.2 Å². The molecule has 0 spiro atoms. The first kappa shape index (κ1) is 14.7. The van der Waals surface area contributed by atoms with Crippen molar-refractivity contribution < 1.29 is 14.8 Å². The maximum absolute atomic E-state index is 11.8. The molecule has 0 unspecified atom stereocenters. The van der Waals surface area contributed by atoms with Crippen molar-refractivity contribution in [3.05, 3.63) is 28.0 Å². The maximum Gasteiger partial charge on any atom is 0.284 e. The lowest BCUT2D eigenvalue weighted by Crippen LogP contribution is -2.34. The van der Waals surface area contributed by atoms with Gasteiger partial charge in [0.25, 0.3) is 5.91 Å². The molecule has 2 amide bonds. The van der Waals surface area contributed by atoms with Gasteiger partial charge in [0, 0.05) is 17.0 Å². The second-order valence-electron chi connectivity index (χ2n) is 4.82. The highest BCUT2D eigenvalue weighted by molar-refractivity contribution is 7.14. The average molecular weight is 294 g/mol. The van der Waals surface area contributed by atoms with Gasteiger partial charge in [-0.3, -0.25) is 14.8 Å². The summed E-state index contributed by atoms with van der Waals surface area (Å²) >= 11 is 1.21. The Morgan fingerprint density at radius 2 is 2.00 bits per heavy atom. The number of thiophene rings is 1. The second-order valence-corrected chi connectivity index (χ2v) is 5.94. The molecule has 1 aliphatic rings. The number of hydroxylamine groups is 1. The SMILES string of the molecule is O=C(C=Cc1ccc(C(=O)NO)s1)NC1CCCCC1. The van der Waals surface area contributed by atoms with Crippen molar-refractivity contribution in [3.63, 3.8) is 0 Å². The van der Waals surface area contributed by atoms with Gasteiger partial charge in [0.2, 0.25) is 5.91 Å². The summed E-state index contributed by atoms with van der Waals surface area (Å²) in [4.78, 5) is 24.1. The molecule has 6 heteroatoms. The van der Waals surface area contributed by atoms with Crippen molar-refractivity contribution in [2.24, 2.45) is 0 Å². The van der Waals surface area contributed by atoms with Crippen LogP contribution in [0.5, 0.6) is 0 Å². The third kappa shape index (κ3) is 4.18. The molecule has 2 rings (SSSR count). The Bertz CT molecular complexity index is 504. The maximum atomic E-state index is 11.8. The van der Waals surface area contributed by atoms with E-state index in [1.54, 1.807) is 23.7 Å². The quantitative estimate of drug-likeness (QED) is 0.453. The van der Waals surface area contributed by atoms with Crippen molar-refractivity contribution in [1.82, 2.24) is 10.8 Å². The lowest BCUT2D eigenvalue weighted by Gasteiger charge is -2.21. The largest absolute Gasteiger partial charge is 0.350 e. The van der Waals surface area contributed by atoms with Crippen LogP contribution in [0.25, 0.3) is 6.08 Å². The zero-order valence-electron chi connectivity index (χ0n) is 11.1. The molecule has 1 fully saturated rings. The van der Waals surface area contributed by atoms with Crippen molar-refractivity contribution in [3.8, 4) is 0 Å². The number of rotatable bonds is 4. The van der Waals surface area contributed by atoms with Gasteiger partial charge in [-0.2, -0.15) is 0 Å². The summed E-state index contributed by atoms with van der Waals surface area (Å²) in [5.41, 5.74) is 1.58. The van der Waals surface area contributed by atoms with Crippen LogP contribution < -0.4 is 10.8 Å². The van der Waals surface area contributed by atoms with E-state index < -0.39 is 5.91 Å². The predicted octanol–water partition coefficient (Wildman–Crippen LogP) is 2.33. The fourth-order valence-corrected chi connectivity index (χ4v) is 3.07. The first-order chi connectivity index (χ1) is 9.69. The van der Waals surface area contributed by atoms with Crippen molar-refractivity contribution in [2.75, 3.05) is 0 Å². The molecule has 0 aliphatic heterocycles. The van der Waals surface area contributed by atoms with Crippen LogP contribution in [-0.4, -0.2) is 23.1 Å². The van der Waals surface area contributed by atoms with Gasteiger partial charge in [-0.1, -0.05) is 19.3 Å². The molecule has 1 heterocycles. The number of carbonyl (C=O) groups is 2. The standard InChI is InChI=1S/C14H18N2O3S/c17-13(15-10-4-2-1-3-5-10)9-7-11-6-8-12(20-11)14(18)16-19/h6-10,19H,1-5H2,(H,15,17)(H,16,18). The Morgan fingerprint density at radius 3 is 2.70 bits per heavy atom. The van der Waals surface area contributed by atoms with Gasteiger partial charge in [-0.15, -0.1) is 11.3 Å². The van der Waals surface area contributed by atoms with E-state index in [2.05, 4.69) is 5.32 Å². The molecule has 0 atom stereocenters. The minimum atomic E-state index is -0.540. The molecule has 1 saturated carbocycles. The highest BCUT2D eigenvalue weighted by atomic mass is 32.1. The Hall–Kier alpha value is -1.66. The molecular weight excluding hydrogens is 276 g/mol. The molecule has 5 nitrogen and oxygen atoms in total. The monoisotopic (exact) mass is 294 g/mol. The summed E-state index contributed by atoms with van der Waals surface area (Å²) in [6.45, 7) is 0. The molecule has 0 saturated heterocycles. The molecule has 20 heavy (non-hydrogen) atoms. The molecule has 1 aromatic rings. The van der Waals surface area contributed by atoms with Gasteiger partial charge >= 0.3 is 0 Å². The van der Waals surface area contributed by atoms with E-state index in [1.807, 2.05) is 0 Å². The van der Waals surface area contributed by atoms with Crippen LogP contribution in [0.3, 0.4) is 0 Å². The Labute approximate surface area is 121 Å². The molecular formula is C14H18N2O3S. The number of nitrogens with one attached hydrogen (secondary N) is 2. The Kier molecular flexibility index (Phi) is 5.31. The molecule has 108 valence electrons. The van der Waals surface area contributed by atoms with E-state index in [0.717, 1.165) is 17.7 Å². The fourth-order valence-electron chi connectivity index (χ4n) is 2.27. The topological polar surface area (TPSA) is 78.4 Å². The fraction of sp³-hybridized carbons (Fsp3) is 0.429. The van der Waals surface area contributed by atoms with Crippen molar-refractivity contribution in [2.45, 2.75) is 38.1 Å². The zero-order valence-corrected chi connectivity index (χ0v) is 11.9. The van der Waals surface area contributed by atoms with E-state index in [0.29, 0.717) is 10.9 Å². The summed E-state index contributed by atoms with van der Waals surface area (Å²) in [6, 6.07) is 3.63. The van der Waals surface area contributed by atoms with Crippen LogP contribution in [0.4, 0.5) is 0 Å². The van der Waals surface area contributed by atoms with Gasteiger partial charge in [0.15, 0.2) is 0 Å². The minimum absolute atomic E-state index is 0.0986. The van der Waals surface area contributed by atoms with Crippen molar-refractivity contribution in [1.29, 1.82) is 0 Å². The van der Waals surface area contributed by atoms with Gasteiger partial charge in [0.05, 0.1) is 4.88 Å². The number of amides is 2. The van der Waals surface area contributed by atoms with Gasteiger partial charge < -0.3 is 5.32 Å². The van der Waals surface area contributed by atoms with Gasteiger partial charge in [-0.05, 0) is 31.1 Å². The molecule has 1 aliphatic carbocycles. The average Bonchev–Trinajstić information content (AvgIpc) is 2.94. The number of hydrogen-bond acceptors (Lipinski definition) is 4. The van der Waals surface area contributed by atoms with Crippen LogP contribution in [0, 0.1) is 0 Å². The highest BCUT2D eigenvalue weighted by Gasteiger charge is 2.14. The summed E-state index contributed by atoms with van der Waals surface area (Å²) < 4.78 is 0. The van der Waals surface area contributed by atoms with Crippen LogP contribution >= 0.6 is 11.3 Å². The van der Waals surface area contributed by atoms with Crippen LogP contribution in [-0.2, 0) is 4.79 Å². The summed E-state index contributed by atoms with van der Waals surface area (Å²) in [6.07, 6.45) is 8.89. The molecule has 0 bridgehead atoms. The third-order valence-electron chi connectivity index (χ3n) is 3.30. The van der Waals surface area contributed by atoms with E-state index in [1.165, 1.54) is 36.7 Å². The van der Waals surface area contributed by atoms with Gasteiger partial charge in [-0.25, -0.2) is 5.48 Å². The van der Waals surface area contributed by atoms with E-state index in [9.17, 15) is 9.59 Å². The van der Waals surface area contributed by atoms with Crippen LogP contribution in [0.2, 0.25) is 0 Å². The highest BCUT2D eigenvalue weighted by Crippen LogP contribution is 2.19. The van der Waals surface area contributed by atoms with Gasteiger partial charge in [0.1, 0.15) is 0 Å².